The summed E-state index contributed by atoms with van der Waals surface area (Å²) in [7, 11) is -7.09. The summed E-state index contributed by atoms with van der Waals surface area (Å²) < 4.78 is 37.8. The van der Waals surface area contributed by atoms with Crippen LogP contribution in [0.15, 0.2) is 24.5 Å². The SMILES string of the molecule is O=S(=O)([O-])CCC[n+]1ccc(CCO[SiH](O)O)cc1. The number of nitrogens with zero attached hydrogens (tertiary/aromatic N) is 1. The van der Waals surface area contributed by atoms with Gasteiger partial charge in [0, 0.05) is 30.9 Å². The molecule has 0 aliphatic carbocycles. The van der Waals surface area contributed by atoms with E-state index >= 15 is 0 Å². The number of rotatable bonds is 8. The smallest absolute Gasteiger partial charge is 0.478 e. The third-order valence-corrected chi connectivity index (χ3v) is 3.75. The Hall–Kier alpha value is -0.843. The zero-order chi connectivity index (χ0) is 14.3. The van der Waals surface area contributed by atoms with Gasteiger partial charge < -0.3 is 18.6 Å². The van der Waals surface area contributed by atoms with Crippen LogP contribution in [0.1, 0.15) is 12.0 Å². The van der Waals surface area contributed by atoms with E-state index < -0.39 is 19.6 Å². The molecule has 1 aromatic heterocycles. The fourth-order valence-electron chi connectivity index (χ4n) is 1.51. The standard InChI is InChI=1S/C10H17NO6SSi/c12-18(13,14)9-1-5-11-6-2-10(3-7-11)4-8-17-19(15)16/h2-3,6-7,15-16,19H,1,4-5,8-9H2. The Morgan fingerprint density at radius 1 is 1.32 bits per heavy atom. The molecule has 19 heavy (non-hydrogen) atoms. The lowest BCUT2D eigenvalue weighted by atomic mass is 10.2. The summed E-state index contributed by atoms with van der Waals surface area (Å²) in [6, 6.07) is 3.67. The minimum Gasteiger partial charge on any atom is -0.748 e. The summed E-state index contributed by atoms with van der Waals surface area (Å²) in [6.45, 7) is 0.711. The van der Waals surface area contributed by atoms with Gasteiger partial charge in [-0.3, -0.25) is 0 Å². The molecule has 0 aromatic carbocycles. The van der Waals surface area contributed by atoms with Crippen molar-refractivity contribution >= 4 is 19.6 Å². The largest absolute Gasteiger partial charge is 0.748 e. The third-order valence-electron chi connectivity index (χ3n) is 2.43. The lowest BCUT2D eigenvalue weighted by molar-refractivity contribution is -0.696. The maximum atomic E-state index is 10.4. The zero-order valence-electron chi connectivity index (χ0n) is 10.3. The van der Waals surface area contributed by atoms with Gasteiger partial charge in [0.25, 0.3) is 0 Å². The fraction of sp³-hybridized carbons (Fsp3) is 0.500. The Balaban J connectivity index is 2.35. The molecular weight excluding hydrogens is 290 g/mol. The average molecular weight is 307 g/mol. The Morgan fingerprint density at radius 2 is 1.95 bits per heavy atom. The van der Waals surface area contributed by atoms with Gasteiger partial charge in [-0.25, -0.2) is 13.0 Å². The number of hydrogen-bond donors (Lipinski definition) is 2. The van der Waals surface area contributed by atoms with Crippen molar-refractivity contribution in [2.24, 2.45) is 0 Å². The minimum absolute atomic E-state index is 0.252. The molecule has 2 N–H and O–H groups in total. The number of aryl methyl sites for hydroxylation is 1. The van der Waals surface area contributed by atoms with E-state index in [1.807, 2.05) is 12.1 Å². The van der Waals surface area contributed by atoms with Crippen LogP contribution < -0.4 is 4.57 Å². The molecule has 0 unspecified atom stereocenters. The van der Waals surface area contributed by atoms with Crippen molar-refractivity contribution in [3.05, 3.63) is 30.1 Å². The lowest BCUT2D eigenvalue weighted by Crippen LogP contribution is -2.33. The van der Waals surface area contributed by atoms with Crippen LogP contribution in [-0.4, -0.2) is 44.4 Å². The minimum atomic E-state index is -4.15. The second kappa shape index (κ2) is 7.67. The van der Waals surface area contributed by atoms with Gasteiger partial charge in [0.05, 0.1) is 10.1 Å². The van der Waals surface area contributed by atoms with Crippen LogP contribution in [-0.2, 0) is 27.5 Å². The summed E-state index contributed by atoms with van der Waals surface area (Å²) in [5, 5.41) is 0. The molecule has 9 heteroatoms. The van der Waals surface area contributed by atoms with E-state index in [9.17, 15) is 13.0 Å². The van der Waals surface area contributed by atoms with Crippen LogP contribution in [0.5, 0.6) is 0 Å². The van der Waals surface area contributed by atoms with E-state index in [1.54, 1.807) is 17.0 Å². The van der Waals surface area contributed by atoms with Crippen molar-refractivity contribution in [2.45, 2.75) is 19.4 Å². The maximum absolute atomic E-state index is 10.4. The highest BCUT2D eigenvalue weighted by atomic mass is 32.2. The van der Waals surface area contributed by atoms with E-state index in [1.165, 1.54) is 0 Å². The van der Waals surface area contributed by atoms with Gasteiger partial charge in [-0.2, -0.15) is 0 Å². The highest BCUT2D eigenvalue weighted by Gasteiger charge is 2.05. The van der Waals surface area contributed by atoms with Crippen molar-refractivity contribution in [1.29, 1.82) is 0 Å². The molecule has 108 valence electrons. The summed E-state index contributed by atoms with van der Waals surface area (Å²) in [5.41, 5.74) is 0.974. The van der Waals surface area contributed by atoms with Crippen molar-refractivity contribution in [3.8, 4) is 0 Å². The first-order valence-corrected chi connectivity index (χ1v) is 8.84. The molecule has 1 heterocycles. The number of hydrogen-bond acceptors (Lipinski definition) is 6. The summed E-state index contributed by atoms with van der Waals surface area (Å²) in [6.07, 6.45) is 4.40. The molecule has 0 aliphatic rings. The quantitative estimate of drug-likeness (QED) is 0.332. The van der Waals surface area contributed by atoms with Gasteiger partial charge in [-0.15, -0.1) is 0 Å². The highest BCUT2D eigenvalue weighted by Crippen LogP contribution is 1.98. The number of aromatic nitrogens is 1. The Kier molecular flexibility index (Phi) is 6.55. The molecule has 0 saturated heterocycles. The molecule has 0 fully saturated rings. The van der Waals surface area contributed by atoms with Gasteiger partial charge in [0.2, 0.25) is 0 Å². The predicted molar refractivity (Wildman–Crippen MR) is 67.1 cm³/mol. The van der Waals surface area contributed by atoms with Crippen LogP contribution in [0.2, 0.25) is 0 Å². The first-order valence-electron chi connectivity index (χ1n) is 5.76. The van der Waals surface area contributed by atoms with E-state index in [2.05, 4.69) is 0 Å². The molecule has 0 aliphatic heterocycles. The van der Waals surface area contributed by atoms with Crippen molar-refractivity contribution < 1.29 is 31.6 Å². The first-order chi connectivity index (χ1) is 8.87. The van der Waals surface area contributed by atoms with E-state index in [0.29, 0.717) is 13.0 Å². The average Bonchev–Trinajstić information content (AvgIpc) is 2.29. The Bertz CT molecular complexity index is 475. The maximum Gasteiger partial charge on any atom is 0.478 e. The topological polar surface area (TPSA) is 111 Å². The molecule has 0 saturated carbocycles. The fourth-order valence-corrected chi connectivity index (χ4v) is 2.32. The van der Waals surface area contributed by atoms with Gasteiger partial charge in [-0.05, 0) is 12.0 Å². The van der Waals surface area contributed by atoms with E-state index in [4.69, 9.17) is 14.0 Å². The van der Waals surface area contributed by atoms with Crippen LogP contribution in [0.3, 0.4) is 0 Å². The monoisotopic (exact) mass is 307 g/mol. The highest BCUT2D eigenvalue weighted by molar-refractivity contribution is 7.85. The molecule has 1 aromatic rings. The molecule has 0 atom stereocenters. The van der Waals surface area contributed by atoms with E-state index in [-0.39, 0.29) is 18.8 Å². The summed E-state index contributed by atoms with van der Waals surface area (Å²) >= 11 is 0. The molecule has 7 nitrogen and oxygen atoms in total. The molecule has 0 radical (unpaired) electrons. The second-order valence-electron chi connectivity index (χ2n) is 4.01. The van der Waals surface area contributed by atoms with Crippen LogP contribution in [0.4, 0.5) is 0 Å². The molecule has 0 amide bonds. The Morgan fingerprint density at radius 3 is 2.47 bits per heavy atom. The van der Waals surface area contributed by atoms with Crippen LogP contribution >= 0.6 is 0 Å². The molecular formula is C10H17NO6SSi. The van der Waals surface area contributed by atoms with Crippen molar-refractivity contribution in [2.75, 3.05) is 12.4 Å². The van der Waals surface area contributed by atoms with Gasteiger partial charge in [-0.1, -0.05) is 0 Å². The second-order valence-corrected chi connectivity index (χ2v) is 6.52. The predicted octanol–water partition coefficient (Wildman–Crippen LogP) is -1.83. The van der Waals surface area contributed by atoms with Crippen LogP contribution in [0.25, 0.3) is 0 Å². The van der Waals surface area contributed by atoms with Gasteiger partial charge in [0.1, 0.15) is 6.54 Å². The zero-order valence-corrected chi connectivity index (χ0v) is 12.3. The first kappa shape index (κ1) is 16.2. The van der Waals surface area contributed by atoms with Crippen molar-refractivity contribution in [3.63, 3.8) is 0 Å². The summed E-state index contributed by atoms with van der Waals surface area (Å²) in [4.78, 5) is 17.3. The third kappa shape index (κ3) is 8.03. The molecule has 0 bridgehead atoms. The van der Waals surface area contributed by atoms with Crippen molar-refractivity contribution in [1.82, 2.24) is 0 Å². The molecule has 1 rings (SSSR count). The normalized spacial score (nSPS) is 12.0. The van der Waals surface area contributed by atoms with Crippen LogP contribution in [0, 0.1) is 0 Å². The van der Waals surface area contributed by atoms with Gasteiger partial charge in [0.15, 0.2) is 12.4 Å². The van der Waals surface area contributed by atoms with Gasteiger partial charge >= 0.3 is 9.53 Å². The summed E-state index contributed by atoms with van der Waals surface area (Å²) in [5.74, 6) is -0.366. The lowest BCUT2D eigenvalue weighted by Gasteiger charge is -2.05. The number of pyridine rings is 1. The Labute approximate surface area is 113 Å². The van der Waals surface area contributed by atoms with E-state index in [0.717, 1.165) is 5.56 Å². The molecule has 0 spiro atoms.